The highest BCUT2D eigenvalue weighted by Gasteiger charge is 2.27. The lowest BCUT2D eigenvalue weighted by Gasteiger charge is -2.30. The van der Waals surface area contributed by atoms with Gasteiger partial charge >= 0.3 is 10.2 Å². The highest BCUT2D eigenvalue weighted by Crippen LogP contribution is 2.26. The SMILES string of the molecule is CC1CCCN(S(=O)(=O)Nc2cc(Cl)ccc2N)C1. The van der Waals surface area contributed by atoms with E-state index < -0.39 is 10.2 Å². The summed E-state index contributed by atoms with van der Waals surface area (Å²) in [7, 11) is -3.56. The summed E-state index contributed by atoms with van der Waals surface area (Å²) in [6.45, 7) is 3.13. The second-order valence-electron chi connectivity index (χ2n) is 4.94. The molecule has 1 unspecified atom stereocenters. The van der Waals surface area contributed by atoms with Gasteiger partial charge in [-0.3, -0.25) is 4.72 Å². The number of rotatable bonds is 3. The fourth-order valence-electron chi connectivity index (χ4n) is 2.19. The summed E-state index contributed by atoms with van der Waals surface area (Å²) in [4.78, 5) is 0. The quantitative estimate of drug-likeness (QED) is 0.841. The standard InChI is InChI=1S/C12H18ClN3O2S/c1-9-3-2-6-16(8-9)19(17,18)15-12-7-10(13)4-5-11(12)14/h4-5,7,9,15H,2-3,6,8,14H2,1H3. The van der Waals surface area contributed by atoms with Crippen LogP contribution in [0.3, 0.4) is 0 Å². The van der Waals surface area contributed by atoms with Gasteiger partial charge < -0.3 is 5.73 Å². The van der Waals surface area contributed by atoms with Crippen LogP contribution in [0.2, 0.25) is 5.02 Å². The molecule has 0 saturated carbocycles. The Hall–Kier alpha value is -0.980. The third kappa shape index (κ3) is 3.52. The Morgan fingerprint density at radius 1 is 1.47 bits per heavy atom. The second-order valence-corrected chi connectivity index (χ2v) is 7.05. The van der Waals surface area contributed by atoms with Crippen molar-refractivity contribution in [2.75, 3.05) is 23.5 Å². The highest BCUT2D eigenvalue weighted by atomic mass is 35.5. The number of nitrogens with zero attached hydrogens (tertiary/aromatic N) is 1. The van der Waals surface area contributed by atoms with E-state index >= 15 is 0 Å². The number of nitrogen functional groups attached to an aromatic ring is 1. The molecule has 0 aromatic heterocycles. The summed E-state index contributed by atoms with van der Waals surface area (Å²) in [5.74, 6) is 0.377. The first-order valence-electron chi connectivity index (χ1n) is 6.21. The molecule has 0 bridgehead atoms. The van der Waals surface area contributed by atoms with Crippen molar-refractivity contribution in [3.05, 3.63) is 23.2 Å². The van der Waals surface area contributed by atoms with Gasteiger partial charge in [0.25, 0.3) is 0 Å². The average Bonchev–Trinajstić information content (AvgIpc) is 2.33. The maximum Gasteiger partial charge on any atom is 0.301 e. The van der Waals surface area contributed by atoms with Crippen LogP contribution in [0, 0.1) is 5.92 Å². The van der Waals surface area contributed by atoms with Gasteiger partial charge in [-0.1, -0.05) is 18.5 Å². The van der Waals surface area contributed by atoms with Crippen molar-refractivity contribution in [2.45, 2.75) is 19.8 Å². The molecular weight excluding hydrogens is 286 g/mol. The van der Waals surface area contributed by atoms with E-state index in [0.717, 1.165) is 12.8 Å². The summed E-state index contributed by atoms with van der Waals surface area (Å²) < 4.78 is 28.5. The molecule has 2 rings (SSSR count). The van der Waals surface area contributed by atoms with Gasteiger partial charge in [-0.15, -0.1) is 0 Å². The van der Waals surface area contributed by atoms with E-state index in [9.17, 15) is 8.42 Å². The van der Waals surface area contributed by atoms with E-state index in [2.05, 4.69) is 11.6 Å². The first kappa shape index (κ1) is 14.4. The zero-order valence-electron chi connectivity index (χ0n) is 10.8. The van der Waals surface area contributed by atoms with E-state index in [-0.39, 0.29) is 0 Å². The molecule has 0 radical (unpaired) electrons. The number of nitrogens with one attached hydrogen (secondary N) is 1. The lowest BCUT2D eigenvalue weighted by atomic mass is 10.0. The largest absolute Gasteiger partial charge is 0.397 e. The van der Waals surface area contributed by atoms with Crippen molar-refractivity contribution in [3.8, 4) is 0 Å². The van der Waals surface area contributed by atoms with Crippen LogP contribution in [0.25, 0.3) is 0 Å². The molecule has 0 aliphatic carbocycles. The van der Waals surface area contributed by atoms with Gasteiger partial charge in [-0.25, -0.2) is 0 Å². The maximum atomic E-state index is 12.3. The van der Waals surface area contributed by atoms with Gasteiger partial charge in [0.2, 0.25) is 0 Å². The molecule has 1 heterocycles. The van der Waals surface area contributed by atoms with E-state index in [4.69, 9.17) is 17.3 Å². The molecule has 1 saturated heterocycles. The van der Waals surface area contributed by atoms with Crippen molar-refractivity contribution in [1.29, 1.82) is 0 Å². The zero-order chi connectivity index (χ0) is 14.0. The molecular formula is C12H18ClN3O2S. The van der Waals surface area contributed by atoms with Gasteiger partial charge in [0.15, 0.2) is 0 Å². The normalized spacial score (nSPS) is 21.3. The maximum absolute atomic E-state index is 12.3. The van der Waals surface area contributed by atoms with Crippen molar-refractivity contribution < 1.29 is 8.42 Å². The van der Waals surface area contributed by atoms with Crippen molar-refractivity contribution in [1.82, 2.24) is 4.31 Å². The zero-order valence-corrected chi connectivity index (χ0v) is 12.3. The number of nitrogens with two attached hydrogens (primary N) is 1. The van der Waals surface area contributed by atoms with Crippen LogP contribution >= 0.6 is 11.6 Å². The van der Waals surface area contributed by atoms with Gasteiger partial charge in [0.05, 0.1) is 11.4 Å². The lowest BCUT2D eigenvalue weighted by molar-refractivity contribution is 0.282. The molecule has 106 valence electrons. The molecule has 0 amide bonds. The molecule has 1 aliphatic heterocycles. The summed E-state index contributed by atoms with van der Waals surface area (Å²) in [5, 5.41) is 0.443. The van der Waals surface area contributed by atoms with Crippen LogP contribution in [0.5, 0.6) is 0 Å². The fourth-order valence-corrected chi connectivity index (χ4v) is 3.76. The van der Waals surface area contributed by atoms with Crippen LogP contribution in [-0.2, 0) is 10.2 Å². The third-order valence-electron chi connectivity index (χ3n) is 3.21. The highest BCUT2D eigenvalue weighted by molar-refractivity contribution is 7.90. The van der Waals surface area contributed by atoms with Gasteiger partial charge in [-0.05, 0) is 37.0 Å². The summed E-state index contributed by atoms with van der Waals surface area (Å²) in [6.07, 6.45) is 1.94. The smallest absolute Gasteiger partial charge is 0.301 e. The molecule has 0 spiro atoms. The molecule has 5 nitrogen and oxygen atoms in total. The second kappa shape index (κ2) is 5.56. The van der Waals surface area contributed by atoms with E-state index in [1.165, 1.54) is 10.4 Å². The number of hydrogen-bond acceptors (Lipinski definition) is 3. The minimum absolute atomic E-state index is 0.325. The molecule has 7 heteroatoms. The Morgan fingerprint density at radius 2 is 2.21 bits per heavy atom. The Labute approximate surface area is 118 Å². The van der Waals surface area contributed by atoms with E-state index in [0.29, 0.717) is 35.4 Å². The van der Waals surface area contributed by atoms with E-state index in [1.807, 2.05) is 0 Å². The van der Waals surface area contributed by atoms with Crippen LogP contribution in [0.4, 0.5) is 11.4 Å². The molecule has 1 atom stereocenters. The fraction of sp³-hybridized carbons (Fsp3) is 0.500. The van der Waals surface area contributed by atoms with Crippen LogP contribution in [-0.4, -0.2) is 25.8 Å². The molecule has 3 N–H and O–H groups in total. The topological polar surface area (TPSA) is 75.4 Å². The summed E-state index contributed by atoms with van der Waals surface area (Å²) in [6, 6.07) is 4.72. The minimum Gasteiger partial charge on any atom is -0.397 e. The predicted molar refractivity (Wildman–Crippen MR) is 78.4 cm³/mol. The van der Waals surface area contributed by atoms with Crippen molar-refractivity contribution >= 4 is 33.2 Å². The summed E-state index contributed by atoms with van der Waals surface area (Å²) in [5.41, 5.74) is 6.43. The monoisotopic (exact) mass is 303 g/mol. The average molecular weight is 304 g/mol. The molecule has 1 fully saturated rings. The van der Waals surface area contributed by atoms with Crippen molar-refractivity contribution in [3.63, 3.8) is 0 Å². The first-order valence-corrected chi connectivity index (χ1v) is 8.03. The summed E-state index contributed by atoms with van der Waals surface area (Å²) >= 11 is 5.85. The third-order valence-corrected chi connectivity index (χ3v) is 4.94. The predicted octanol–water partition coefficient (Wildman–Crippen LogP) is 2.31. The first-order chi connectivity index (χ1) is 8.88. The molecule has 1 aromatic carbocycles. The minimum atomic E-state index is -3.56. The number of anilines is 2. The van der Waals surface area contributed by atoms with Crippen LogP contribution in [0.15, 0.2) is 18.2 Å². The number of hydrogen-bond donors (Lipinski definition) is 2. The Morgan fingerprint density at radius 3 is 2.89 bits per heavy atom. The molecule has 19 heavy (non-hydrogen) atoms. The number of piperidine rings is 1. The van der Waals surface area contributed by atoms with Gasteiger partial charge in [0, 0.05) is 18.1 Å². The number of benzene rings is 1. The van der Waals surface area contributed by atoms with Crippen molar-refractivity contribution in [2.24, 2.45) is 5.92 Å². The molecule has 1 aromatic rings. The molecule has 1 aliphatic rings. The Kier molecular flexibility index (Phi) is 4.23. The van der Waals surface area contributed by atoms with Gasteiger partial charge in [0.1, 0.15) is 0 Å². The Bertz CT molecular complexity index is 562. The van der Waals surface area contributed by atoms with Gasteiger partial charge in [-0.2, -0.15) is 12.7 Å². The van der Waals surface area contributed by atoms with E-state index in [1.54, 1.807) is 12.1 Å². The Balaban J connectivity index is 2.18. The number of halogens is 1. The van der Waals surface area contributed by atoms with Crippen LogP contribution in [0.1, 0.15) is 19.8 Å². The lowest BCUT2D eigenvalue weighted by Crippen LogP contribution is -2.42. The van der Waals surface area contributed by atoms with Crippen LogP contribution < -0.4 is 10.5 Å².